The Morgan fingerprint density at radius 1 is 0.973 bits per heavy atom. The number of amides is 2. The first kappa shape index (κ1) is 26.1. The van der Waals surface area contributed by atoms with Crippen molar-refractivity contribution < 1.29 is 35.9 Å². The predicted octanol–water partition coefficient (Wildman–Crippen LogP) is 6.58. The average molecular weight is 529 g/mol. The molecule has 4 nitrogen and oxygen atoms in total. The summed E-state index contributed by atoms with van der Waals surface area (Å²) in [5.41, 5.74) is -4.06. The van der Waals surface area contributed by atoms with Crippen LogP contribution in [0.3, 0.4) is 0 Å². The summed E-state index contributed by atoms with van der Waals surface area (Å²) in [6.07, 6.45) is -1.73. The molecule has 2 N–H and O–H groups in total. The SMILES string of the molecule is C[C@]12C=CC(=O)N[C@@H]1CC[C@@H]1[C@H]2CC[C@]2(C)[C@@H](C(=O)Nc3cc(C(F)(F)F)ccc3C(F)(F)F)CC[C@@H]12. The lowest BCUT2D eigenvalue weighted by atomic mass is 9.48. The molecule has 3 fully saturated rings. The van der Waals surface area contributed by atoms with Crippen LogP contribution in [-0.4, -0.2) is 17.9 Å². The molecular formula is C27H30F6N2O2. The average Bonchev–Trinajstić information content (AvgIpc) is 3.15. The van der Waals surface area contributed by atoms with E-state index in [9.17, 15) is 35.9 Å². The van der Waals surface area contributed by atoms with Crippen LogP contribution in [0.5, 0.6) is 0 Å². The standard InChI is InChI=1S/C27H30F6N2O2/c1-24-11-9-17-15(4-8-21-25(17,2)12-10-22(36)35-21)16(24)6-7-19(24)23(37)34-20-13-14(26(28,29)30)3-5-18(20)27(31,32)33/h3,5,10,12-13,15-17,19,21H,4,6-9,11H2,1-2H3,(H,34,37)(H,35,36)/t15-,16-,17+,19+,21+,24-,25+/m0/s1. The van der Waals surface area contributed by atoms with Crippen LogP contribution in [0.1, 0.15) is 63.5 Å². The van der Waals surface area contributed by atoms with Gasteiger partial charge in [0.2, 0.25) is 11.8 Å². The monoisotopic (exact) mass is 528 g/mol. The van der Waals surface area contributed by atoms with Crippen molar-refractivity contribution in [2.75, 3.05) is 5.32 Å². The molecular weight excluding hydrogens is 498 g/mol. The Hall–Kier alpha value is -2.52. The molecule has 0 saturated heterocycles. The number of nitrogens with one attached hydrogen (secondary N) is 2. The van der Waals surface area contributed by atoms with E-state index in [1.807, 2.05) is 13.0 Å². The lowest BCUT2D eigenvalue weighted by Gasteiger charge is -2.58. The first-order chi connectivity index (χ1) is 17.1. The quantitative estimate of drug-likeness (QED) is 0.427. The van der Waals surface area contributed by atoms with Crippen molar-refractivity contribution in [2.24, 2.45) is 34.5 Å². The molecule has 5 rings (SSSR count). The third-order valence-electron chi connectivity index (χ3n) is 9.91. The third kappa shape index (κ3) is 4.24. The molecule has 0 bridgehead atoms. The molecule has 37 heavy (non-hydrogen) atoms. The first-order valence-corrected chi connectivity index (χ1v) is 12.7. The zero-order valence-electron chi connectivity index (χ0n) is 20.6. The fraction of sp³-hybridized carbons (Fsp3) is 0.630. The van der Waals surface area contributed by atoms with Gasteiger partial charge in [0, 0.05) is 17.4 Å². The Labute approximate surface area is 211 Å². The van der Waals surface area contributed by atoms with E-state index in [-0.39, 0.29) is 23.3 Å². The highest BCUT2D eigenvalue weighted by Crippen LogP contribution is 2.65. The van der Waals surface area contributed by atoms with E-state index >= 15 is 0 Å². The number of hydrogen-bond acceptors (Lipinski definition) is 2. The molecule has 3 saturated carbocycles. The van der Waals surface area contributed by atoms with Gasteiger partial charge < -0.3 is 10.6 Å². The van der Waals surface area contributed by atoms with Gasteiger partial charge in [-0.05, 0) is 86.0 Å². The van der Waals surface area contributed by atoms with E-state index in [4.69, 9.17) is 0 Å². The summed E-state index contributed by atoms with van der Waals surface area (Å²) in [6, 6.07) is 1.18. The van der Waals surface area contributed by atoms with E-state index in [1.54, 1.807) is 6.08 Å². The van der Waals surface area contributed by atoms with E-state index in [0.29, 0.717) is 42.9 Å². The Kier molecular flexibility index (Phi) is 5.99. The van der Waals surface area contributed by atoms with Gasteiger partial charge in [-0.15, -0.1) is 0 Å². The maximum atomic E-state index is 13.6. The van der Waals surface area contributed by atoms with Gasteiger partial charge in [-0.1, -0.05) is 19.9 Å². The normalized spacial score (nSPS) is 37.3. The van der Waals surface area contributed by atoms with Crippen molar-refractivity contribution in [3.63, 3.8) is 0 Å². The molecule has 0 aromatic heterocycles. The summed E-state index contributed by atoms with van der Waals surface area (Å²) in [6.45, 7) is 4.17. The second-order valence-corrected chi connectivity index (χ2v) is 11.6. The summed E-state index contributed by atoms with van der Waals surface area (Å²) in [5.74, 6) is -0.555. The Bertz CT molecular complexity index is 1140. The highest BCUT2D eigenvalue weighted by Gasteiger charge is 2.61. The summed E-state index contributed by atoms with van der Waals surface area (Å²) >= 11 is 0. The zero-order chi connectivity index (χ0) is 27.0. The van der Waals surface area contributed by atoms with Crippen LogP contribution in [0.2, 0.25) is 0 Å². The lowest BCUT2D eigenvalue weighted by Crippen LogP contribution is -2.59. The number of hydrogen-bond donors (Lipinski definition) is 2. The molecule has 0 spiro atoms. The molecule has 1 aromatic rings. The first-order valence-electron chi connectivity index (χ1n) is 12.7. The van der Waals surface area contributed by atoms with Crippen molar-refractivity contribution in [3.05, 3.63) is 41.5 Å². The molecule has 1 aliphatic heterocycles. The van der Waals surface area contributed by atoms with Gasteiger partial charge in [0.05, 0.1) is 16.8 Å². The van der Waals surface area contributed by atoms with Crippen LogP contribution in [-0.2, 0) is 21.9 Å². The topological polar surface area (TPSA) is 58.2 Å². The van der Waals surface area contributed by atoms with Gasteiger partial charge in [-0.3, -0.25) is 9.59 Å². The molecule has 1 heterocycles. The van der Waals surface area contributed by atoms with Crippen molar-refractivity contribution in [1.29, 1.82) is 0 Å². The molecule has 0 radical (unpaired) electrons. The van der Waals surface area contributed by atoms with Crippen LogP contribution >= 0.6 is 0 Å². The number of alkyl halides is 6. The number of carbonyl (C=O) groups is 2. The highest BCUT2D eigenvalue weighted by atomic mass is 19.4. The number of benzene rings is 1. The van der Waals surface area contributed by atoms with E-state index in [1.165, 1.54) is 0 Å². The van der Waals surface area contributed by atoms with Gasteiger partial charge in [-0.25, -0.2) is 0 Å². The highest BCUT2D eigenvalue weighted by molar-refractivity contribution is 5.94. The lowest BCUT2D eigenvalue weighted by molar-refractivity contribution is -0.141. The molecule has 1 aromatic carbocycles. The number of halogens is 6. The minimum Gasteiger partial charge on any atom is -0.349 e. The van der Waals surface area contributed by atoms with Crippen LogP contribution in [0.4, 0.5) is 32.0 Å². The van der Waals surface area contributed by atoms with Crippen molar-refractivity contribution in [2.45, 2.75) is 70.8 Å². The largest absolute Gasteiger partial charge is 0.418 e. The summed E-state index contributed by atoms with van der Waals surface area (Å²) in [7, 11) is 0. The molecule has 3 aliphatic carbocycles. The number of carbonyl (C=O) groups excluding carboxylic acids is 2. The Morgan fingerprint density at radius 2 is 1.70 bits per heavy atom. The minimum absolute atomic E-state index is 0.0535. The minimum atomic E-state index is -4.91. The molecule has 0 unspecified atom stereocenters. The van der Waals surface area contributed by atoms with E-state index in [2.05, 4.69) is 17.6 Å². The molecule has 7 atom stereocenters. The second kappa shape index (κ2) is 8.50. The summed E-state index contributed by atoms with van der Waals surface area (Å²) in [5, 5.41) is 5.33. The molecule has 10 heteroatoms. The number of rotatable bonds is 2. The predicted molar refractivity (Wildman–Crippen MR) is 124 cm³/mol. The summed E-state index contributed by atoms with van der Waals surface area (Å²) < 4.78 is 80.4. The van der Waals surface area contributed by atoms with Gasteiger partial charge in [0.1, 0.15) is 0 Å². The van der Waals surface area contributed by atoms with Gasteiger partial charge in [-0.2, -0.15) is 26.3 Å². The van der Waals surface area contributed by atoms with E-state index in [0.717, 1.165) is 25.7 Å². The van der Waals surface area contributed by atoms with Crippen LogP contribution < -0.4 is 10.6 Å². The fourth-order valence-corrected chi connectivity index (χ4v) is 8.06. The molecule has 202 valence electrons. The number of fused-ring (bicyclic) bond motifs is 5. The van der Waals surface area contributed by atoms with Crippen LogP contribution in [0.15, 0.2) is 30.4 Å². The van der Waals surface area contributed by atoms with Crippen LogP contribution in [0, 0.1) is 34.5 Å². The van der Waals surface area contributed by atoms with Crippen LogP contribution in [0.25, 0.3) is 0 Å². The third-order valence-corrected chi connectivity index (χ3v) is 9.91. The number of anilines is 1. The second-order valence-electron chi connectivity index (χ2n) is 11.6. The van der Waals surface area contributed by atoms with Gasteiger partial charge in [0.25, 0.3) is 0 Å². The van der Waals surface area contributed by atoms with Crippen molar-refractivity contribution in [1.82, 2.24) is 5.32 Å². The maximum absolute atomic E-state index is 13.6. The van der Waals surface area contributed by atoms with E-state index < -0.39 is 46.4 Å². The Balaban J connectivity index is 1.40. The molecule has 2 amide bonds. The van der Waals surface area contributed by atoms with Gasteiger partial charge in [0.15, 0.2) is 0 Å². The van der Waals surface area contributed by atoms with Gasteiger partial charge >= 0.3 is 12.4 Å². The summed E-state index contributed by atoms with van der Waals surface area (Å²) in [4.78, 5) is 25.3. The smallest absolute Gasteiger partial charge is 0.349 e. The fourth-order valence-electron chi connectivity index (χ4n) is 8.06. The maximum Gasteiger partial charge on any atom is 0.418 e. The Morgan fingerprint density at radius 3 is 2.38 bits per heavy atom. The zero-order valence-corrected chi connectivity index (χ0v) is 20.6. The molecule has 4 aliphatic rings. The van der Waals surface area contributed by atoms with Crippen molar-refractivity contribution >= 4 is 17.5 Å². The van der Waals surface area contributed by atoms with Crippen molar-refractivity contribution in [3.8, 4) is 0 Å².